The van der Waals surface area contributed by atoms with Crippen molar-refractivity contribution in [3.8, 4) is 0 Å². The molecule has 0 radical (unpaired) electrons. The van der Waals surface area contributed by atoms with Crippen molar-refractivity contribution in [1.29, 1.82) is 0 Å². The number of carbonyl (C=O) groups excluding carboxylic acids is 1. The second kappa shape index (κ2) is 10.4. The average molecular weight is 254 g/mol. The second-order valence-corrected chi connectivity index (χ2v) is 5.68. The number of unbranched alkanes of at least 4 members (excludes halogenated alkanes) is 4. The zero-order valence-electron chi connectivity index (χ0n) is 12.1. The normalized spacial score (nSPS) is 16.1. The molecule has 0 N–H and O–H groups in total. The van der Waals surface area contributed by atoms with Gasteiger partial charge in [0.15, 0.2) is 0 Å². The summed E-state index contributed by atoms with van der Waals surface area (Å²) < 4.78 is 5.22. The van der Waals surface area contributed by atoms with Gasteiger partial charge in [-0.2, -0.15) is 0 Å². The molecule has 0 aliphatic heterocycles. The average Bonchev–Trinajstić information content (AvgIpc) is 2.87. The lowest BCUT2D eigenvalue weighted by Gasteiger charge is -2.08. The number of ether oxygens (including phenoxy) is 1. The van der Waals surface area contributed by atoms with Crippen molar-refractivity contribution in [2.75, 3.05) is 6.61 Å². The molecule has 0 amide bonds. The van der Waals surface area contributed by atoms with E-state index in [1.807, 2.05) is 0 Å². The molecule has 2 heteroatoms. The van der Waals surface area contributed by atoms with Gasteiger partial charge in [0, 0.05) is 6.42 Å². The Morgan fingerprint density at radius 1 is 1.06 bits per heavy atom. The number of esters is 1. The fourth-order valence-electron chi connectivity index (χ4n) is 2.79. The molecular formula is C16H30O2. The predicted molar refractivity (Wildman–Crippen MR) is 75.5 cm³/mol. The molecule has 0 unspecified atom stereocenters. The van der Waals surface area contributed by atoms with Gasteiger partial charge >= 0.3 is 5.97 Å². The Bertz CT molecular complexity index is 207. The minimum Gasteiger partial charge on any atom is -0.466 e. The van der Waals surface area contributed by atoms with Crippen molar-refractivity contribution < 1.29 is 9.53 Å². The minimum absolute atomic E-state index is 0.000701. The fourth-order valence-corrected chi connectivity index (χ4v) is 2.79. The lowest BCUT2D eigenvalue weighted by molar-refractivity contribution is -0.143. The van der Waals surface area contributed by atoms with Crippen LogP contribution in [0.1, 0.15) is 84.0 Å². The monoisotopic (exact) mass is 254 g/mol. The third-order valence-electron chi connectivity index (χ3n) is 3.98. The van der Waals surface area contributed by atoms with Gasteiger partial charge < -0.3 is 4.74 Å². The highest BCUT2D eigenvalue weighted by molar-refractivity contribution is 5.69. The van der Waals surface area contributed by atoms with Crippen LogP contribution in [0.15, 0.2) is 0 Å². The van der Waals surface area contributed by atoms with Gasteiger partial charge in [0.05, 0.1) is 6.61 Å². The molecule has 1 fully saturated rings. The third kappa shape index (κ3) is 7.73. The van der Waals surface area contributed by atoms with Crippen molar-refractivity contribution in [2.24, 2.45) is 5.92 Å². The molecule has 0 heterocycles. The summed E-state index contributed by atoms with van der Waals surface area (Å²) in [6.45, 7) is 2.78. The standard InChI is InChI=1S/C16H30O2/c1-2-3-5-13-16(17)18-14-9-4-6-10-15-11-7-8-12-15/h15H,2-14H2,1H3. The van der Waals surface area contributed by atoms with E-state index in [-0.39, 0.29) is 5.97 Å². The van der Waals surface area contributed by atoms with Gasteiger partial charge in [-0.1, -0.05) is 64.7 Å². The maximum Gasteiger partial charge on any atom is 0.305 e. The largest absolute Gasteiger partial charge is 0.466 e. The molecule has 106 valence electrons. The highest BCUT2D eigenvalue weighted by Crippen LogP contribution is 2.29. The van der Waals surface area contributed by atoms with Crippen molar-refractivity contribution in [3.63, 3.8) is 0 Å². The summed E-state index contributed by atoms with van der Waals surface area (Å²) in [7, 11) is 0. The van der Waals surface area contributed by atoms with E-state index in [0.29, 0.717) is 13.0 Å². The van der Waals surface area contributed by atoms with Gasteiger partial charge in [0.25, 0.3) is 0 Å². The highest BCUT2D eigenvalue weighted by Gasteiger charge is 2.13. The van der Waals surface area contributed by atoms with Crippen LogP contribution in [-0.4, -0.2) is 12.6 Å². The smallest absolute Gasteiger partial charge is 0.305 e. The predicted octanol–water partition coefficient (Wildman–Crippen LogP) is 4.86. The van der Waals surface area contributed by atoms with Crippen LogP contribution in [0.25, 0.3) is 0 Å². The lowest BCUT2D eigenvalue weighted by Crippen LogP contribution is -2.05. The summed E-state index contributed by atoms with van der Waals surface area (Å²) >= 11 is 0. The van der Waals surface area contributed by atoms with Crippen molar-refractivity contribution >= 4 is 5.97 Å². The highest BCUT2D eigenvalue weighted by atomic mass is 16.5. The van der Waals surface area contributed by atoms with Crippen LogP contribution in [0.3, 0.4) is 0 Å². The second-order valence-electron chi connectivity index (χ2n) is 5.68. The van der Waals surface area contributed by atoms with Gasteiger partial charge in [-0.25, -0.2) is 0 Å². The summed E-state index contributed by atoms with van der Waals surface area (Å²) in [6.07, 6.45) is 14.7. The Morgan fingerprint density at radius 2 is 1.83 bits per heavy atom. The van der Waals surface area contributed by atoms with E-state index in [4.69, 9.17) is 4.74 Å². The molecule has 18 heavy (non-hydrogen) atoms. The molecule has 0 aromatic carbocycles. The van der Waals surface area contributed by atoms with E-state index >= 15 is 0 Å². The van der Waals surface area contributed by atoms with Gasteiger partial charge in [0.1, 0.15) is 0 Å². The fraction of sp³-hybridized carbons (Fsp3) is 0.938. The molecule has 0 spiro atoms. The zero-order valence-corrected chi connectivity index (χ0v) is 12.1. The zero-order chi connectivity index (χ0) is 13.1. The number of carbonyl (C=O) groups is 1. The Balaban J connectivity index is 1.81. The summed E-state index contributed by atoms with van der Waals surface area (Å²) in [5.41, 5.74) is 0. The van der Waals surface area contributed by atoms with Gasteiger partial charge in [0.2, 0.25) is 0 Å². The molecule has 0 saturated heterocycles. The van der Waals surface area contributed by atoms with Crippen LogP contribution < -0.4 is 0 Å². The number of hydrogen-bond donors (Lipinski definition) is 0. The summed E-state index contributed by atoms with van der Waals surface area (Å²) in [6, 6.07) is 0. The summed E-state index contributed by atoms with van der Waals surface area (Å²) in [4.78, 5) is 11.3. The molecule has 1 rings (SSSR count). The summed E-state index contributed by atoms with van der Waals surface area (Å²) in [5, 5.41) is 0. The molecule has 0 bridgehead atoms. The Kier molecular flexibility index (Phi) is 8.97. The first-order valence-corrected chi connectivity index (χ1v) is 7.98. The van der Waals surface area contributed by atoms with Crippen LogP contribution in [0, 0.1) is 5.92 Å². The molecule has 1 aliphatic carbocycles. The number of rotatable bonds is 10. The first kappa shape index (κ1) is 15.5. The van der Waals surface area contributed by atoms with Crippen LogP contribution in [0.2, 0.25) is 0 Å². The van der Waals surface area contributed by atoms with Gasteiger partial charge in [-0.15, -0.1) is 0 Å². The maximum absolute atomic E-state index is 11.3. The Morgan fingerprint density at radius 3 is 2.56 bits per heavy atom. The SMILES string of the molecule is CCCCCC(=O)OCCCCCC1CCCC1. The lowest BCUT2D eigenvalue weighted by atomic mass is 10.0. The van der Waals surface area contributed by atoms with Gasteiger partial charge in [-0.05, 0) is 18.8 Å². The van der Waals surface area contributed by atoms with E-state index < -0.39 is 0 Å². The van der Waals surface area contributed by atoms with E-state index in [9.17, 15) is 4.79 Å². The van der Waals surface area contributed by atoms with Crippen molar-refractivity contribution in [3.05, 3.63) is 0 Å². The Hall–Kier alpha value is -0.530. The molecule has 1 saturated carbocycles. The number of hydrogen-bond acceptors (Lipinski definition) is 2. The van der Waals surface area contributed by atoms with E-state index in [2.05, 4.69) is 6.92 Å². The van der Waals surface area contributed by atoms with Crippen LogP contribution >= 0.6 is 0 Å². The molecule has 0 atom stereocenters. The van der Waals surface area contributed by atoms with E-state index in [0.717, 1.165) is 31.6 Å². The Labute approximate surface area is 112 Å². The van der Waals surface area contributed by atoms with Crippen molar-refractivity contribution in [2.45, 2.75) is 84.0 Å². The van der Waals surface area contributed by atoms with Crippen LogP contribution in [0.4, 0.5) is 0 Å². The van der Waals surface area contributed by atoms with E-state index in [1.165, 1.54) is 44.9 Å². The minimum atomic E-state index is -0.000701. The van der Waals surface area contributed by atoms with Crippen molar-refractivity contribution in [1.82, 2.24) is 0 Å². The molecular weight excluding hydrogens is 224 g/mol. The molecule has 2 nitrogen and oxygen atoms in total. The molecule has 0 aromatic rings. The first-order valence-electron chi connectivity index (χ1n) is 7.98. The first-order chi connectivity index (χ1) is 8.83. The third-order valence-corrected chi connectivity index (χ3v) is 3.98. The molecule has 0 aromatic heterocycles. The van der Waals surface area contributed by atoms with E-state index in [1.54, 1.807) is 0 Å². The topological polar surface area (TPSA) is 26.3 Å². The quantitative estimate of drug-likeness (QED) is 0.411. The van der Waals surface area contributed by atoms with Gasteiger partial charge in [-0.3, -0.25) is 4.79 Å². The van der Waals surface area contributed by atoms with Crippen LogP contribution in [-0.2, 0) is 9.53 Å². The maximum atomic E-state index is 11.3. The molecule has 1 aliphatic rings. The summed E-state index contributed by atoms with van der Waals surface area (Å²) in [5.74, 6) is 1.00. The van der Waals surface area contributed by atoms with Crippen LogP contribution in [0.5, 0.6) is 0 Å².